The van der Waals surface area contributed by atoms with Crippen LogP contribution in [0.2, 0.25) is 0 Å². The van der Waals surface area contributed by atoms with Gasteiger partial charge in [0.15, 0.2) is 0 Å². The van der Waals surface area contributed by atoms with Crippen molar-refractivity contribution in [2.24, 2.45) is 0 Å². The number of hydrogen-bond donors (Lipinski definition) is 1. The van der Waals surface area contributed by atoms with Gasteiger partial charge in [-0.25, -0.2) is 8.78 Å². The van der Waals surface area contributed by atoms with Gasteiger partial charge in [0, 0.05) is 28.8 Å². The van der Waals surface area contributed by atoms with Crippen molar-refractivity contribution in [1.82, 2.24) is 15.2 Å². The number of amides is 1. The molecule has 5 nitrogen and oxygen atoms in total. The monoisotopic (exact) mass is 451 g/mol. The number of ether oxygens (including phenoxy) is 1. The molecule has 2 fully saturated rings. The molecule has 1 aromatic heterocycles. The van der Waals surface area contributed by atoms with Crippen molar-refractivity contribution in [3.8, 4) is 5.75 Å². The molecular formula is C26H27F2N3O2. The fourth-order valence-electron chi connectivity index (χ4n) is 4.51. The lowest BCUT2D eigenvalue weighted by molar-refractivity contribution is 0.0767. The zero-order chi connectivity index (χ0) is 23.2. The fraction of sp³-hybridized carbons (Fsp3) is 0.385. The standard InChI is InChI=1S/C26H27F2N3O2/c1-16-5-6-19(33-15-18-7-11-31(18)2)14-21(16)25(32)30-26(8-9-26)22-12-17(24(27)28)13-23-20(22)4-3-10-29-23/h3-6,10,12-14,18,24H,7-9,11,15H2,1-2H3,(H,30,32)/t18-/m0/s1. The molecule has 1 aliphatic heterocycles. The highest BCUT2D eigenvalue weighted by Crippen LogP contribution is 2.49. The molecule has 1 saturated carbocycles. The average molecular weight is 452 g/mol. The van der Waals surface area contributed by atoms with E-state index in [4.69, 9.17) is 4.74 Å². The number of hydrogen-bond acceptors (Lipinski definition) is 4. The van der Waals surface area contributed by atoms with Crippen LogP contribution in [0.3, 0.4) is 0 Å². The third kappa shape index (κ3) is 4.17. The summed E-state index contributed by atoms with van der Waals surface area (Å²) in [6, 6.07) is 12.5. The number of carbonyl (C=O) groups is 1. The summed E-state index contributed by atoms with van der Waals surface area (Å²) in [5.74, 6) is 0.431. The number of halogens is 2. The highest BCUT2D eigenvalue weighted by Gasteiger charge is 2.47. The Hall–Kier alpha value is -3.06. The maximum absolute atomic E-state index is 13.6. The lowest BCUT2D eigenvalue weighted by atomic mass is 9.95. The van der Waals surface area contributed by atoms with E-state index in [-0.39, 0.29) is 11.5 Å². The van der Waals surface area contributed by atoms with Gasteiger partial charge in [-0.2, -0.15) is 0 Å². The SMILES string of the molecule is Cc1ccc(OC[C@@H]2CCN2C)cc1C(=O)NC1(c2cc(C(F)F)cc3ncccc23)CC1. The van der Waals surface area contributed by atoms with Crippen molar-refractivity contribution in [3.05, 3.63) is 70.9 Å². The molecule has 1 amide bonds. The third-order valence-electron chi connectivity index (χ3n) is 6.95. The second-order valence-electron chi connectivity index (χ2n) is 9.19. The van der Waals surface area contributed by atoms with Gasteiger partial charge in [-0.05, 0) is 81.2 Å². The Morgan fingerprint density at radius 2 is 2.09 bits per heavy atom. The fourth-order valence-corrected chi connectivity index (χ4v) is 4.51. The second kappa shape index (κ2) is 8.37. The Morgan fingerprint density at radius 3 is 2.76 bits per heavy atom. The van der Waals surface area contributed by atoms with Crippen LogP contribution in [0, 0.1) is 6.92 Å². The number of likely N-dealkylation sites (N-methyl/N-ethyl adjacent to an activating group) is 1. The number of aromatic nitrogens is 1. The lowest BCUT2D eigenvalue weighted by Crippen LogP contribution is -2.48. The third-order valence-corrected chi connectivity index (χ3v) is 6.95. The molecule has 7 heteroatoms. The highest BCUT2D eigenvalue weighted by molar-refractivity contribution is 5.97. The van der Waals surface area contributed by atoms with Crippen LogP contribution in [0.4, 0.5) is 8.78 Å². The van der Waals surface area contributed by atoms with E-state index in [1.807, 2.05) is 25.1 Å². The van der Waals surface area contributed by atoms with Crippen molar-refractivity contribution >= 4 is 16.8 Å². The van der Waals surface area contributed by atoms with E-state index in [0.717, 1.165) is 23.9 Å². The van der Waals surface area contributed by atoms with E-state index in [1.54, 1.807) is 18.3 Å². The molecule has 1 saturated heterocycles. The normalized spacial score (nSPS) is 19.4. The van der Waals surface area contributed by atoms with Crippen molar-refractivity contribution in [2.45, 2.75) is 44.2 Å². The molecule has 0 radical (unpaired) electrons. The van der Waals surface area contributed by atoms with Gasteiger partial charge in [-0.15, -0.1) is 0 Å². The Bertz CT molecular complexity index is 1210. The van der Waals surface area contributed by atoms with Crippen LogP contribution >= 0.6 is 0 Å². The average Bonchev–Trinajstić information content (AvgIpc) is 3.58. The molecule has 3 aromatic rings. The van der Waals surface area contributed by atoms with Gasteiger partial charge in [0.25, 0.3) is 12.3 Å². The summed E-state index contributed by atoms with van der Waals surface area (Å²) in [7, 11) is 2.07. The molecule has 172 valence electrons. The van der Waals surface area contributed by atoms with Gasteiger partial charge in [-0.3, -0.25) is 14.7 Å². The number of likely N-dealkylation sites (tertiary alicyclic amines) is 1. The number of nitrogens with one attached hydrogen (secondary N) is 1. The summed E-state index contributed by atoms with van der Waals surface area (Å²) in [5.41, 5.74) is 1.84. The molecule has 0 bridgehead atoms. The van der Waals surface area contributed by atoms with Crippen molar-refractivity contribution < 1.29 is 18.3 Å². The van der Waals surface area contributed by atoms with E-state index in [2.05, 4.69) is 22.2 Å². The van der Waals surface area contributed by atoms with Crippen LogP contribution < -0.4 is 10.1 Å². The first-order chi connectivity index (χ1) is 15.9. The summed E-state index contributed by atoms with van der Waals surface area (Å²) in [4.78, 5) is 19.8. The summed E-state index contributed by atoms with van der Waals surface area (Å²) in [6.45, 7) is 3.55. The topological polar surface area (TPSA) is 54.5 Å². The van der Waals surface area contributed by atoms with Crippen LogP contribution in [-0.4, -0.2) is 42.0 Å². The molecule has 1 N–H and O–H groups in total. The van der Waals surface area contributed by atoms with E-state index >= 15 is 0 Å². The molecule has 33 heavy (non-hydrogen) atoms. The molecule has 2 heterocycles. The van der Waals surface area contributed by atoms with Gasteiger partial charge in [0.1, 0.15) is 12.4 Å². The van der Waals surface area contributed by atoms with Gasteiger partial charge in [-0.1, -0.05) is 12.1 Å². The Labute approximate surface area is 191 Å². The molecule has 0 spiro atoms. The van der Waals surface area contributed by atoms with Crippen LogP contribution in [-0.2, 0) is 5.54 Å². The van der Waals surface area contributed by atoms with E-state index in [9.17, 15) is 13.6 Å². The lowest BCUT2D eigenvalue weighted by Gasteiger charge is -2.37. The second-order valence-corrected chi connectivity index (χ2v) is 9.19. The minimum absolute atomic E-state index is 0.0794. The van der Waals surface area contributed by atoms with Crippen molar-refractivity contribution in [1.29, 1.82) is 0 Å². The largest absolute Gasteiger partial charge is 0.492 e. The zero-order valence-electron chi connectivity index (χ0n) is 18.8. The number of fused-ring (bicyclic) bond motifs is 1. The van der Waals surface area contributed by atoms with Crippen LogP contribution in [0.25, 0.3) is 10.9 Å². The van der Waals surface area contributed by atoms with E-state index < -0.39 is 12.0 Å². The smallest absolute Gasteiger partial charge is 0.263 e. The first-order valence-corrected chi connectivity index (χ1v) is 11.3. The number of rotatable bonds is 7. The number of nitrogens with zero attached hydrogens (tertiary/aromatic N) is 2. The van der Waals surface area contributed by atoms with Gasteiger partial charge in [0.2, 0.25) is 0 Å². The van der Waals surface area contributed by atoms with Crippen LogP contribution in [0.1, 0.15) is 52.7 Å². The first kappa shape index (κ1) is 21.8. The minimum Gasteiger partial charge on any atom is -0.492 e. The Balaban J connectivity index is 1.41. The molecular weight excluding hydrogens is 424 g/mol. The predicted molar refractivity (Wildman–Crippen MR) is 123 cm³/mol. The Kier molecular flexibility index (Phi) is 5.52. The number of aryl methyl sites for hydroxylation is 1. The van der Waals surface area contributed by atoms with E-state index in [1.165, 1.54) is 12.1 Å². The molecule has 0 unspecified atom stereocenters. The highest BCUT2D eigenvalue weighted by atomic mass is 19.3. The maximum atomic E-state index is 13.6. The van der Waals surface area contributed by atoms with Crippen LogP contribution in [0.5, 0.6) is 5.75 Å². The summed E-state index contributed by atoms with van der Waals surface area (Å²) in [5, 5.41) is 3.94. The van der Waals surface area contributed by atoms with Gasteiger partial charge >= 0.3 is 0 Å². The number of carbonyl (C=O) groups excluding carboxylic acids is 1. The summed E-state index contributed by atoms with van der Waals surface area (Å²) < 4.78 is 33.1. The maximum Gasteiger partial charge on any atom is 0.263 e. The molecule has 2 aromatic carbocycles. The number of benzene rings is 2. The Morgan fingerprint density at radius 1 is 1.27 bits per heavy atom. The quantitative estimate of drug-likeness (QED) is 0.550. The van der Waals surface area contributed by atoms with Gasteiger partial charge in [0.05, 0.1) is 11.1 Å². The molecule has 2 aliphatic rings. The summed E-state index contributed by atoms with van der Waals surface area (Å²) >= 11 is 0. The first-order valence-electron chi connectivity index (χ1n) is 11.3. The predicted octanol–water partition coefficient (Wildman–Crippen LogP) is 4.98. The molecule has 1 aliphatic carbocycles. The number of alkyl halides is 2. The minimum atomic E-state index is -2.60. The zero-order valence-corrected chi connectivity index (χ0v) is 18.8. The van der Waals surface area contributed by atoms with Gasteiger partial charge < -0.3 is 10.1 Å². The van der Waals surface area contributed by atoms with E-state index in [0.29, 0.717) is 47.9 Å². The number of pyridine rings is 1. The molecule has 1 atom stereocenters. The van der Waals surface area contributed by atoms with Crippen molar-refractivity contribution in [3.63, 3.8) is 0 Å². The molecule has 5 rings (SSSR count). The van der Waals surface area contributed by atoms with Crippen LogP contribution in [0.15, 0.2) is 48.7 Å². The van der Waals surface area contributed by atoms with Crippen molar-refractivity contribution in [2.75, 3.05) is 20.2 Å². The summed E-state index contributed by atoms with van der Waals surface area (Å²) in [6.07, 6.45) is 1.48.